The molecule has 0 saturated carbocycles. The molecule has 4 heteroatoms. The summed E-state index contributed by atoms with van der Waals surface area (Å²) in [5.74, 6) is -0.170. The van der Waals surface area contributed by atoms with Gasteiger partial charge >= 0.3 is 0 Å². The van der Waals surface area contributed by atoms with Crippen molar-refractivity contribution in [2.45, 2.75) is 0 Å². The summed E-state index contributed by atoms with van der Waals surface area (Å²) < 4.78 is 4.87. The van der Waals surface area contributed by atoms with Crippen molar-refractivity contribution >= 4 is 22.4 Å². The van der Waals surface area contributed by atoms with Gasteiger partial charge in [0.25, 0.3) is 0 Å². The van der Waals surface area contributed by atoms with Gasteiger partial charge in [-0.1, -0.05) is 36.4 Å². The van der Waals surface area contributed by atoms with Gasteiger partial charge in [-0.2, -0.15) is 0 Å². The highest BCUT2D eigenvalue weighted by Gasteiger charge is 2.10. The number of para-hydroxylation sites is 1. The molecule has 0 bridgehead atoms. The largest absolute Gasteiger partial charge is 0.375 e. The Bertz CT molecular complexity index is 810. The van der Waals surface area contributed by atoms with E-state index in [4.69, 9.17) is 4.74 Å². The lowest BCUT2D eigenvalue weighted by molar-refractivity contribution is -0.119. The van der Waals surface area contributed by atoms with Crippen molar-refractivity contribution in [1.82, 2.24) is 4.98 Å². The van der Waals surface area contributed by atoms with E-state index in [1.54, 1.807) is 6.20 Å². The molecule has 1 amide bonds. The molecular formula is C18H16N2O2. The number of nitrogens with one attached hydrogen (secondary N) is 1. The first-order valence-corrected chi connectivity index (χ1v) is 7.00. The highest BCUT2D eigenvalue weighted by molar-refractivity contribution is 6.02. The van der Waals surface area contributed by atoms with E-state index >= 15 is 0 Å². The number of carbonyl (C=O) groups is 1. The van der Waals surface area contributed by atoms with Crippen molar-refractivity contribution in [3.05, 3.63) is 60.9 Å². The van der Waals surface area contributed by atoms with Gasteiger partial charge in [-0.3, -0.25) is 9.78 Å². The molecule has 4 nitrogen and oxygen atoms in total. The van der Waals surface area contributed by atoms with Gasteiger partial charge in [-0.05, 0) is 23.1 Å². The van der Waals surface area contributed by atoms with Crippen LogP contribution in [0.1, 0.15) is 0 Å². The van der Waals surface area contributed by atoms with Crippen molar-refractivity contribution in [2.24, 2.45) is 0 Å². The highest BCUT2D eigenvalue weighted by atomic mass is 16.5. The molecular weight excluding hydrogens is 276 g/mol. The van der Waals surface area contributed by atoms with Gasteiger partial charge in [0, 0.05) is 36.1 Å². The fourth-order valence-corrected chi connectivity index (χ4v) is 2.50. The van der Waals surface area contributed by atoms with Crippen molar-refractivity contribution in [3.63, 3.8) is 0 Å². The number of rotatable bonds is 4. The third-order valence-corrected chi connectivity index (χ3v) is 3.45. The van der Waals surface area contributed by atoms with Gasteiger partial charge in [0.05, 0.1) is 0 Å². The van der Waals surface area contributed by atoms with Crippen molar-refractivity contribution in [3.8, 4) is 11.1 Å². The van der Waals surface area contributed by atoms with Gasteiger partial charge < -0.3 is 10.1 Å². The summed E-state index contributed by atoms with van der Waals surface area (Å²) in [6.07, 6.45) is 3.61. The average Bonchev–Trinajstić information content (AvgIpc) is 2.55. The Kier molecular flexibility index (Phi) is 4.12. The number of fused-ring (bicyclic) bond motifs is 1. The predicted molar refractivity (Wildman–Crippen MR) is 87.7 cm³/mol. The lowest BCUT2D eigenvalue weighted by Gasteiger charge is -2.13. The average molecular weight is 292 g/mol. The second-order valence-electron chi connectivity index (χ2n) is 4.93. The van der Waals surface area contributed by atoms with Crippen LogP contribution in [0, 0.1) is 0 Å². The first-order valence-electron chi connectivity index (χ1n) is 7.00. The Morgan fingerprint density at radius 1 is 1.09 bits per heavy atom. The normalized spacial score (nSPS) is 10.6. The number of hydrogen-bond donors (Lipinski definition) is 1. The molecule has 1 aromatic heterocycles. The minimum atomic E-state index is -0.170. The number of benzene rings is 2. The molecule has 3 rings (SSSR count). The maximum Gasteiger partial charge on any atom is 0.250 e. The Morgan fingerprint density at radius 3 is 2.77 bits per heavy atom. The van der Waals surface area contributed by atoms with Crippen LogP contribution in [0.4, 0.5) is 5.69 Å². The Balaban J connectivity index is 2.09. The summed E-state index contributed by atoms with van der Waals surface area (Å²) >= 11 is 0. The maximum atomic E-state index is 11.8. The molecule has 1 N–H and O–H groups in total. The van der Waals surface area contributed by atoms with E-state index in [1.165, 1.54) is 7.11 Å². The van der Waals surface area contributed by atoms with Crippen molar-refractivity contribution < 1.29 is 9.53 Å². The van der Waals surface area contributed by atoms with Gasteiger partial charge in [0.1, 0.15) is 6.61 Å². The first-order chi connectivity index (χ1) is 10.8. The second-order valence-corrected chi connectivity index (χ2v) is 4.93. The van der Waals surface area contributed by atoms with Crippen molar-refractivity contribution in [2.75, 3.05) is 19.0 Å². The second kappa shape index (κ2) is 6.37. The number of aromatic nitrogens is 1. The maximum absolute atomic E-state index is 11.8. The highest BCUT2D eigenvalue weighted by Crippen LogP contribution is 2.33. The third-order valence-electron chi connectivity index (χ3n) is 3.45. The molecule has 0 radical (unpaired) electrons. The Labute approximate surface area is 128 Å². The summed E-state index contributed by atoms with van der Waals surface area (Å²) in [4.78, 5) is 16.0. The van der Waals surface area contributed by atoms with Crippen LogP contribution in [-0.4, -0.2) is 24.6 Å². The molecule has 0 saturated heterocycles. The standard InChI is InChI=1S/C18H16N2O2/c1-22-12-18(21)20-17-8-3-2-6-16(17)15-7-4-5-13-11-19-10-9-14(13)15/h2-11H,12H2,1H3,(H,20,21). The number of amides is 1. The van der Waals surface area contributed by atoms with Crippen LogP contribution in [0.2, 0.25) is 0 Å². The third kappa shape index (κ3) is 2.82. The van der Waals surface area contributed by atoms with Gasteiger partial charge in [0.2, 0.25) is 5.91 Å². The molecule has 3 aromatic rings. The topological polar surface area (TPSA) is 51.2 Å². The van der Waals surface area contributed by atoms with Crippen LogP contribution in [0.3, 0.4) is 0 Å². The van der Waals surface area contributed by atoms with Crippen LogP contribution in [0.15, 0.2) is 60.9 Å². The smallest absolute Gasteiger partial charge is 0.250 e. The van der Waals surface area contributed by atoms with E-state index in [1.807, 2.05) is 54.7 Å². The summed E-state index contributed by atoms with van der Waals surface area (Å²) in [5, 5.41) is 5.07. The molecule has 0 spiro atoms. The van der Waals surface area contributed by atoms with Crippen LogP contribution in [0.5, 0.6) is 0 Å². The Morgan fingerprint density at radius 2 is 1.91 bits per heavy atom. The number of anilines is 1. The lowest BCUT2D eigenvalue weighted by atomic mass is 9.98. The van der Waals surface area contributed by atoms with E-state index in [0.717, 1.165) is 27.6 Å². The molecule has 22 heavy (non-hydrogen) atoms. The van der Waals surface area contributed by atoms with Gasteiger partial charge in [0.15, 0.2) is 0 Å². The summed E-state index contributed by atoms with van der Waals surface area (Å²) in [6.45, 7) is 0.0355. The van der Waals surface area contributed by atoms with Crippen molar-refractivity contribution in [1.29, 1.82) is 0 Å². The lowest BCUT2D eigenvalue weighted by Crippen LogP contribution is -2.17. The van der Waals surface area contributed by atoms with E-state index in [2.05, 4.69) is 10.3 Å². The van der Waals surface area contributed by atoms with E-state index in [-0.39, 0.29) is 12.5 Å². The zero-order chi connectivity index (χ0) is 15.4. The molecule has 110 valence electrons. The monoisotopic (exact) mass is 292 g/mol. The number of ether oxygens (including phenoxy) is 1. The molecule has 0 atom stereocenters. The predicted octanol–water partition coefficient (Wildman–Crippen LogP) is 3.49. The number of hydrogen-bond acceptors (Lipinski definition) is 3. The fraction of sp³-hybridized carbons (Fsp3) is 0.111. The summed E-state index contributed by atoms with van der Waals surface area (Å²) in [5.41, 5.74) is 2.81. The number of methoxy groups -OCH3 is 1. The van der Waals surface area contributed by atoms with Crippen LogP contribution >= 0.6 is 0 Å². The molecule has 1 heterocycles. The van der Waals surface area contributed by atoms with E-state index < -0.39 is 0 Å². The number of nitrogens with zero attached hydrogens (tertiary/aromatic N) is 1. The zero-order valence-electron chi connectivity index (χ0n) is 12.2. The number of carbonyl (C=O) groups excluding carboxylic acids is 1. The molecule has 0 aliphatic heterocycles. The minimum absolute atomic E-state index is 0.0355. The molecule has 0 aliphatic rings. The van der Waals surface area contributed by atoms with Crippen LogP contribution in [0.25, 0.3) is 21.9 Å². The van der Waals surface area contributed by atoms with Gasteiger partial charge in [-0.15, -0.1) is 0 Å². The summed E-state index contributed by atoms with van der Waals surface area (Å²) in [6, 6.07) is 15.8. The fourth-order valence-electron chi connectivity index (χ4n) is 2.50. The molecule has 0 unspecified atom stereocenters. The SMILES string of the molecule is COCC(=O)Nc1ccccc1-c1cccc2cnccc12. The zero-order valence-corrected chi connectivity index (χ0v) is 12.2. The van der Waals surface area contributed by atoms with Crippen LogP contribution in [-0.2, 0) is 9.53 Å². The summed E-state index contributed by atoms with van der Waals surface area (Å²) in [7, 11) is 1.50. The molecule has 0 fully saturated rings. The molecule has 2 aromatic carbocycles. The van der Waals surface area contributed by atoms with E-state index in [0.29, 0.717) is 0 Å². The van der Waals surface area contributed by atoms with E-state index in [9.17, 15) is 4.79 Å². The first kappa shape index (κ1) is 14.2. The Hall–Kier alpha value is -2.72. The van der Waals surface area contributed by atoms with Gasteiger partial charge in [-0.25, -0.2) is 0 Å². The quantitative estimate of drug-likeness (QED) is 0.801. The minimum Gasteiger partial charge on any atom is -0.375 e. The number of pyridine rings is 1. The molecule has 0 aliphatic carbocycles. The van der Waals surface area contributed by atoms with Crippen LogP contribution < -0.4 is 5.32 Å².